The van der Waals surface area contributed by atoms with Gasteiger partial charge in [0, 0.05) is 19.0 Å². The number of benzene rings is 2. The highest BCUT2D eigenvalue weighted by atomic mass is 16.6. The van der Waals surface area contributed by atoms with Crippen LogP contribution in [0.15, 0.2) is 48.5 Å². The molecule has 0 unspecified atom stereocenters. The van der Waals surface area contributed by atoms with Crippen LogP contribution in [0.25, 0.3) is 0 Å². The molecule has 158 valence electrons. The molecule has 0 radical (unpaired) electrons. The summed E-state index contributed by atoms with van der Waals surface area (Å²) >= 11 is 0. The van der Waals surface area contributed by atoms with Crippen LogP contribution >= 0.6 is 0 Å². The van der Waals surface area contributed by atoms with E-state index in [1.165, 1.54) is 12.0 Å². The fourth-order valence-corrected chi connectivity index (χ4v) is 3.92. The lowest BCUT2D eigenvalue weighted by Crippen LogP contribution is -2.45. The maximum Gasteiger partial charge on any atom is 0.410 e. The van der Waals surface area contributed by atoms with Gasteiger partial charge in [-0.15, -0.1) is 0 Å². The van der Waals surface area contributed by atoms with E-state index in [0.717, 1.165) is 5.56 Å². The molecule has 1 heterocycles. The lowest BCUT2D eigenvalue weighted by molar-refractivity contribution is -0.144. The molecule has 1 fully saturated rings. The Kier molecular flexibility index (Phi) is 6.72. The van der Waals surface area contributed by atoms with Crippen molar-refractivity contribution in [3.05, 3.63) is 70.8 Å². The number of rotatable bonds is 5. The highest BCUT2D eigenvalue weighted by Crippen LogP contribution is 2.36. The van der Waals surface area contributed by atoms with Crippen molar-refractivity contribution in [3.63, 3.8) is 0 Å². The van der Waals surface area contributed by atoms with Crippen molar-refractivity contribution < 1.29 is 29.0 Å². The minimum absolute atomic E-state index is 0.140. The molecule has 0 aromatic heterocycles. The Balaban J connectivity index is 1.83. The van der Waals surface area contributed by atoms with Gasteiger partial charge in [0.2, 0.25) is 0 Å². The van der Waals surface area contributed by atoms with Crippen LogP contribution in [0.5, 0.6) is 0 Å². The van der Waals surface area contributed by atoms with E-state index in [1.54, 1.807) is 25.1 Å². The molecular formula is C23H25NO6. The Morgan fingerprint density at radius 3 is 2.50 bits per heavy atom. The van der Waals surface area contributed by atoms with Crippen LogP contribution in [0, 0.1) is 12.8 Å². The second-order valence-electron chi connectivity index (χ2n) is 7.36. The van der Waals surface area contributed by atoms with E-state index < -0.39 is 29.9 Å². The summed E-state index contributed by atoms with van der Waals surface area (Å²) in [5, 5.41) is 9.75. The third-order valence-electron chi connectivity index (χ3n) is 5.49. The van der Waals surface area contributed by atoms with Crippen molar-refractivity contribution in [1.82, 2.24) is 4.90 Å². The first-order valence-corrected chi connectivity index (χ1v) is 9.78. The van der Waals surface area contributed by atoms with Crippen LogP contribution < -0.4 is 0 Å². The molecule has 7 nitrogen and oxygen atoms in total. The molecule has 30 heavy (non-hydrogen) atoms. The van der Waals surface area contributed by atoms with Gasteiger partial charge in [-0.3, -0.25) is 4.79 Å². The van der Waals surface area contributed by atoms with Crippen molar-refractivity contribution in [2.75, 3.05) is 20.2 Å². The first-order chi connectivity index (χ1) is 14.4. The fraction of sp³-hybridized carbons (Fsp3) is 0.348. The Bertz CT molecular complexity index is 927. The number of carbonyl (C=O) groups is 3. The van der Waals surface area contributed by atoms with Crippen LogP contribution in [-0.4, -0.2) is 48.2 Å². The van der Waals surface area contributed by atoms with E-state index in [9.17, 15) is 19.5 Å². The molecule has 1 N–H and O–H groups in total. The summed E-state index contributed by atoms with van der Waals surface area (Å²) in [5.41, 5.74) is 2.51. The first kappa shape index (κ1) is 21.4. The summed E-state index contributed by atoms with van der Waals surface area (Å²) in [7, 11) is 1.29. The van der Waals surface area contributed by atoms with Gasteiger partial charge in [-0.1, -0.05) is 48.5 Å². The van der Waals surface area contributed by atoms with Gasteiger partial charge >= 0.3 is 18.0 Å². The molecule has 1 aliphatic rings. The topological polar surface area (TPSA) is 93.1 Å². The molecule has 0 bridgehead atoms. The maximum atomic E-state index is 12.6. The Hall–Kier alpha value is -3.35. The summed E-state index contributed by atoms with van der Waals surface area (Å²) in [5.74, 6) is -2.73. The molecule has 0 spiro atoms. The second kappa shape index (κ2) is 9.43. The third-order valence-corrected chi connectivity index (χ3v) is 5.49. The summed E-state index contributed by atoms with van der Waals surface area (Å²) in [4.78, 5) is 38.4. The molecule has 3 rings (SSSR count). The number of likely N-dealkylation sites (tertiary alicyclic amines) is 1. The minimum atomic E-state index is -0.949. The number of hydrogen-bond acceptors (Lipinski definition) is 5. The number of amides is 1. The van der Waals surface area contributed by atoms with Gasteiger partial charge in [0.1, 0.15) is 6.61 Å². The summed E-state index contributed by atoms with van der Waals surface area (Å²) < 4.78 is 10.3. The second-order valence-corrected chi connectivity index (χ2v) is 7.36. The quantitative estimate of drug-likeness (QED) is 0.756. The van der Waals surface area contributed by atoms with Gasteiger partial charge in [0.15, 0.2) is 0 Å². The third kappa shape index (κ3) is 4.62. The predicted molar refractivity (Wildman–Crippen MR) is 109 cm³/mol. The normalized spacial score (nSPS) is 18.5. The van der Waals surface area contributed by atoms with Crippen LogP contribution in [0.2, 0.25) is 0 Å². The minimum Gasteiger partial charge on any atom is -0.481 e. The van der Waals surface area contributed by atoms with Gasteiger partial charge in [-0.05, 0) is 30.0 Å². The van der Waals surface area contributed by atoms with E-state index >= 15 is 0 Å². The number of nitrogens with zero attached hydrogens (tertiary/aromatic N) is 1. The largest absolute Gasteiger partial charge is 0.481 e. The van der Waals surface area contributed by atoms with E-state index in [2.05, 4.69) is 0 Å². The zero-order chi connectivity index (χ0) is 21.7. The molecule has 1 amide bonds. The van der Waals surface area contributed by atoms with Gasteiger partial charge < -0.3 is 19.5 Å². The van der Waals surface area contributed by atoms with E-state index in [-0.39, 0.29) is 26.1 Å². The number of carboxylic acid groups (broad SMARTS) is 1. The average molecular weight is 411 g/mol. The lowest BCUT2D eigenvalue weighted by Gasteiger charge is -2.37. The van der Waals surface area contributed by atoms with Gasteiger partial charge in [0.05, 0.1) is 18.6 Å². The SMILES string of the molecule is COC(=O)c1c(C)cccc1[C@H]1CN(C(=O)OCc2ccccc2)CC[C@H]1C(=O)O. The summed E-state index contributed by atoms with van der Waals surface area (Å²) in [6, 6.07) is 14.6. The molecule has 0 saturated carbocycles. The monoisotopic (exact) mass is 411 g/mol. The van der Waals surface area contributed by atoms with E-state index in [1.807, 2.05) is 30.3 Å². The number of methoxy groups -OCH3 is 1. The highest BCUT2D eigenvalue weighted by Gasteiger charge is 2.39. The standard InChI is InChI=1S/C23H25NO6/c1-15-7-6-10-17(20(15)22(27)29-2)19-13-24(12-11-18(19)21(25)26)23(28)30-14-16-8-4-3-5-9-16/h3-10,18-19H,11-14H2,1-2H3,(H,25,26)/t18-,19-/m1/s1. The number of ether oxygens (including phenoxy) is 2. The van der Waals surface area contributed by atoms with Crippen LogP contribution in [0.1, 0.15) is 39.4 Å². The van der Waals surface area contributed by atoms with Gasteiger partial charge in [-0.25, -0.2) is 9.59 Å². The molecule has 0 aliphatic carbocycles. The van der Waals surface area contributed by atoms with Crippen LogP contribution in [-0.2, 0) is 20.9 Å². The Labute approximate surface area is 175 Å². The van der Waals surface area contributed by atoms with Crippen LogP contribution in [0.4, 0.5) is 4.79 Å². The number of aliphatic carboxylic acids is 1. The highest BCUT2D eigenvalue weighted by molar-refractivity contribution is 5.93. The van der Waals surface area contributed by atoms with Crippen molar-refractivity contribution in [2.45, 2.75) is 25.9 Å². The molecule has 2 aromatic carbocycles. The zero-order valence-corrected chi connectivity index (χ0v) is 17.0. The van der Waals surface area contributed by atoms with Crippen molar-refractivity contribution in [2.24, 2.45) is 5.92 Å². The van der Waals surface area contributed by atoms with Crippen molar-refractivity contribution in [1.29, 1.82) is 0 Å². The molecule has 2 atom stereocenters. The smallest absolute Gasteiger partial charge is 0.410 e. The lowest BCUT2D eigenvalue weighted by atomic mass is 9.78. The van der Waals surface area contributed by atoms with Crippen molar-refractivity contribution in [3.8, 4) is 0 Å². The number of piperidine rings is 1. The van der Waals surface area contributed by atoms with Crippen molar-refractivity contribution >= 4 is 18.0 Å². The number of carbonyl (C=O) groups excluding carboxylic acids is 2. The number of aryl methyl sites for hydroxylation is 1. The van der Waals surface area contributed by atoms with Crippen LogP contribution in [0.3, 0.4) is 0 Å². The first-order valence-electron chi connectivity index (χ1n) is 9.78. The fourth-order valence-electron chi connectivity index (χ4n) is 3.92. The summed E-state index contributed by atoms with van der Waals surface area (Å²) in [6.07, 6.45) is -0.227. The van der Waals surface area contributed by atoms with E-state index in [0.29, 0.717) is 16.7 Å². The predicted octanol–water partition coefficient (Wildman–Crippen LogP) is 3.61. The van der Waals surface area contributed by atoms with Gasteiger partial charge in [-0.2, -0.15) is 0 Å². The average Bonchev–Trinajstić information content (AvgIpc) is 2.77. The Morgan fingerprint density at radius 1 is 1.10 bits per heavy atom. The number of esters is 1. The number of carboxylic acids is 1. The Morgan fingerprint density at radius 2 is 1.83 bits per heavy atom. The van der Waals surface area contributed by atoms with E-state index in [4.69, 9.17) is 9.47 Å². The molecule has 7 heteroatoms. The molecule has 1 saturated heterocycles. The number of hydrogen-bond donors (Lipinski definition) is 1. The maximum absolute atomic E-state index is 12.6. The summed E-state index contributed by atoms with van der Waals surface area (Å²) in [6.45, 7) is 2.35. The molecule has 1 aliphatic heterocycles. The molecule has 2 aromatic rings. The molecular weight excluding hydrogens is 386 g/mol. The van der Waals surface area contributed by atoms with Gasteiger partial charge in [0.25, 0.3) is 0 Å². The zero-order valence-electron chi connectivity index (χ0n) is 17.0.